The molecule has 0 saturated carbocycles. The number of rotatable bonds is 6. The van der Waals surface area contributed by atoms with Gasteiger partial charge in [0.1, 0.15) is 5.82 Å². The molecule has 114 valence electrons. The quantitative estimate of drug-likeness (QED) is 0.887. The zero-order valence-electron chi connectivity index (χ0n) is 12.4. The number of halogens is 2. The summed E-state index contributed by atoms with van der Waals surface area (Å²) in [6.45, 7) is 5.27. The zero-order valence-corrected chi connectivity index (χ0v) is 13.2. The lowest BCUT2D eigenvalue weighted by molar-refractivity contribution is 0.576. The lowest BCUT2D eigenvalue weighted by Crippen LogP contribution is -2.17. The van der Waals surface area contributed by atoms with Gasteiger partial charge in [-0.25, -0.2) is 4.39 Å². The molecule has 1 unspecified atom stereocenters. The Morgan fingerprint density at radius 2 is 2.14 bits per heavy atom. The van der Waals surface area contributed by atoms with Crippen molar-refractivity contribution in [3.05, 3.63) is 52.1 Å². The molecule has 3 nitrogen and oxygen atoms in total. The van der Waals surface area contributed by atoms with E-state index in [0.717, 1.165) is 29.9 Å². The van der Waals surface area contributed by atoms with Crippen LogP contribution in [0.2, 0.25) is 5.02 Å². The van der Waals surface area contributed by atoms with E-state index in [1.165, 1.54) is 6.07 Å². The molecule has 0 saturated heterocycles. The Morgan fingerprint density at radius 1 is 1.38 bits per heavy atom. The van der Waals surface area contributed by atoms with Crippen LogP contribution in [-0.4, -0.2) is 16.3 Å². The van der Waals surface area contributed by atoms with Crippen molar-refractivity contribution >= 4 is 11.6 Å². The molecule has 0 fully saturated rings. The fourth-order valence-corrected chi connectivity index (χ4v) is 2.89. The minimum absolute atomic E-state index is 0.0323. The van der Waals surface area contributed by atoms with Gasteiger partial charge in [0.15, 0.2) is 0 Å². The average Bonchev–Trinajstić information content (AvgIpc) is 2.80. The van der Waals surface area contributed by atoms with Gasteiger partial charge in [0.25, 0.3) is 0 Å². The predicted octanol–water partition coefficient (Wildman–Crippen LogP) is 3.54. The van der Waals surface area contributed by atoms with Crippen molar-refractivity contribution in [2.24, 2.45) is 5.73 Å². The smallest absolute Gasteiger partial charge is 0.123 e. The second-order valence-corrected chi connectivity index (χ2v) is 5.45. The third-order valence-electron chi connectivity index (χ3n) is 3.74. The topological polar surface area (TPSA) is 43.8 Å². The number of benzene rings is 1. The van der Waals surface area contributed by atoms with E-state index < -0.39 is 0 Å². The number of hydrogen-bond acceptors (Lipinski definition) is 2. The molecule has 1 heterocycles. The van der Waals surface area contributed by atoms with E-state index in [0.29, 0.717) is 18.0 Å². The molecule has 1 aromatic heterocycles. The summed E-state index contributed by atoms with van der Waals surface area (Å²) in [5.41, 5.74) is 8.68. The van der Waals surface area contributed by atoms with Crippen LogP contribution in [0.25, 0.3) is 0 Å². The highest BCUT2D eigenvalue weighted by molar-refractivity contribution is 6.31. The van der Waals surface area contributed by atoms with Gasteiger partial charge < -0.3 is 5.73 Å². The maximum Gasteiger partial charge on any atom is 0.123 e. The molecule has 0 bridgehead atoms. The van der Waals surface area contributed by atoms with Crippen molar-refractivity contribution in [1.29, 1.82) is 0 Å². The van der Waals surface area contributed by atoms with Crippen LogP contribution in [0.5, 0.6) is 0 Å². The van der Waals surface area contributed by atoms with Gasteiger partial charge in [-0.15, -0.1) is 0 Å². The van der Waals surface area contributed by atoms with Gasteiger partial charge in [0, 0.05) is 12.5 Å². The lowest BCUT2D eigenvalue weighted by atomic mass is 9.94. The van der Waals surface area contributed by atoms with E-state index in [9.17, 15) is 4.39 Å². The van der Waals surface area contributed by atoms with Crippen molar-refractivity contribution < 1.29 is 4.39 Å². The Labute approximate surface area is 129 Å². The van der Waals surface area contributed by atoms with Crippen LogP contribution in [-0.2, 0) is 19.4 Å². The molecule has 2 rings (SSSR count). The Kier molecular flexibility index (Phi) is 5.37. The highest BCUT2D eigenvalue weighted by Gasteiger charge is 2.19. The summed E-state index contributed by atoms with van der Waals surface area (Å²) >= 11 is 6.43. The normalized spacial score (nSPS) is 12.6. The van der Waals surface area contributed by atoms with E-state index in [4.69, 9.17) is 17.3 Å². The molecule has 0 aliphatic carbocycles. The second-order valence-electron chi connectivity index (χ2n) is 5.07. The molecule has 1 atom stereocenters. The van der Waals surface area contributed by atoms with Crippen molar-refractivity contribution in [2.75, 3.05) is 6.54 Å². The SMILES string of the molecule is CCc1nn(CC)c(CC(CN)c2cccc(F)c2)c1Cl. The summed E-state index contributed by atoms with van der Waals surface area (Å²) in [6.07, 6.45) is 1.46. The molecular weight excluding hydrogens is 289 g/mol. The lowest BCUT2D eigenvalue weighted by Gasteiger charge is -2.16. The van der Waals surface area contributed by atoms with Crippen LogP contribution in [0, 0.1) is 5.82 Å². The maximum atomic E-state index is 13.4. The molecule has 0 aliphatic heterocycles. The summed E-state index contributed by atoms with van der Waals surface area (Å²) in [7, 11) is 0. The fourth-order valence-electron chi connectivity index (χ4n) is 2.54. The summed E-state index contributed by atoms with van der Waals surface area (Å²) in [5.74, 6) is -0.208. The average molecular weight is 310 g/mol. The van der Waals surface area contributed by atoms with E-state index in [1.807, 2.05) is 24.6 Å². The van der Waals surface area contributed by atoms with Crippen LogP contribution >= 0.6 is 11.6 Å². The number of nitrogens with two attached hydrogens (primary N) is 1. The molecule has 0 spiro atoms. The Hall–Kier alpha value is -1.39. The van der Waals surface area contributed by atoms with Crippen molar-refractivity contribution in [1.82, 2.24) is 9.78 Å². The van der Waals surface area contributed by atoms with Gasteiger partial charge in [-0.2, -0.15) is 5.10 Å². The largest absolute Gasteiger partial charge is 0.330 e. The van der Waals surface area contributed by atoms with Crippen molar-refractivity contribution in [3.8, 4) is 0 Å². The standard InChI is InChI=1S/C16H21ClFN3/c1-3-14-16(17)15(21(4-2)20-14)9-12(10-19)11-6-5-7-13(18)8-11/h5-8,12H,3-4,9-10,19H2,1-2H3. The number of hydrogen-bond donors (Lipinski definition) is 1. The number of nitrogens with zero attached hydrogens (tertiary/aromatic N) is 2. The molecule has 2 N–H and O–H groups in total. The fraction of sp³-hybridized carbons (Fsp3) is 0.438. The molecule has 0 radical (unpaired) electrons. The Balaban J connectivity index is 2.32. The van der Waals surface area contributed by atoms with Gasteiger partial charge in [0.05, 0.1) is 16.4 Å². The first-order valence-electron chi connectivity index (χ1n) is 7.30. The van der Waals surface area contributed by atoms with Crippen LogP contribution < -0.4 is 5.73 Å². The highest BCUT2D eigenvalue weighted by Crippen LogP contribution is 2.28. The van der Waals surface area contributed by atoms with E-state index >= 15 is 0 Å². The van der Waals surface area contributed by atoms with Gasteiger partial charge in [-0.05, 0) is 44.0 Å². The Bertz CT molecular complexity index is 610. The van der Waals surface area contributed by atoms with Crippen LogP contribution in [0.1, 0.15) is 36.7 Å². The number of aryl methyl sites for hydroxylation is 2. The third kappa shape index (κ3) is 3.44. The molecule has 2 aromatic rings. The first-order chi connectivity index (χ1) is 10.1. The minimum Gasteiger partial charge on any atom is -0.330 e. The van der Waals surface area contributed by atoms with E-state index in [-0.39, 0.29) is 11.7 Å². The summed E-state index contributed by atoms with van der Waals surface area (Å²) < 4.78 is 15.3. The maximum absolute atomic E-state index is 13.4. The highest BCUT2D eigenvalue weighted by atomic mass is 35.5. The van der Waals surface area contributed by atoms with Crippen LogP contribution in [0.4, 0.5) is 4.39 Å². The molecular formula is C16H21ClFN3. The molecule has 21 heavy (non-hydrogen) atoms. The number of aromatic nitrogens is 2. The van der Waals surface area contributed by atoms with Gasteiger partial charge in [-0.1, -0.05) is 30.7 Å². The summed E-state index contributed by atoms with van der Waals surface area (Å²) in [5, 5.41) is 5.23. The third-order valence-corrected chi connectivity index (χ3v) is 4.17. The van der Waals surface area contributed by atoms with Crippen LogP contribution in [0.3, 0.4) is 0 Å². The van der Waals surface area contributed by atoms with Gasteiger partial charge in [-0.3, -0.25) is 4.68 Å². The first kappa shape index (κ1) is 16.0. The molecule has 0 aliphatic rings. The van der Waals surface area contributed by atoms with Gasteiger partial charge >= 0.3 is 0 Å². The van der Waals surface area contributed by atoms with Crippen molar-refractivity contribution in [3.63, 3.8) is 0 Å². The van der Waals surface area contributed by atoms with E-state index in [1.54, 1.807) is 12.1 Å². The van der Waals surface area contributed by atoms with E-state index in [2.05, 4.69) is 5.10 Å². The first-order valence-corrected chi connectivity index (χ1v) is 7.68. The minimum atomic E-state index is -0.240. The molecule has 0 amide bonds. The monoisotopic (exact) mass is 309 g/mol. The van der Waals surface area contributed by atoms with Crippen molar-refractivity contribution in [2.45, 2.75) is 39.2 Å². The molecule has 5 heteroatoms. The predicted molar refractivity (Wildman–Crippen MR) is 84.2 cm³/mol. The summed E-state index contributed by atoms with van der Waals surface area (Å²) in [4.78, 5) is 0. The second kappa shape index (κ2) is 7.05. The van der Waals surface area contributed by atoms with Crippen LogP contribution in [0.15, 0.2) is 24.3 Å². The van der Waals surface area contributed by atoms with Gasteiger partial charge in [0.2, 0.25) is 0 Å². The molecule has 1 aromatic carbocycles. The zero-order chi connectivity index (χ0) is 15.4. The summed E-state index contributed by atoms with van der Waals surface area (Å²) in [6, 6.07) is 6.60. The Morgan fingerprint density at radius 3 is 2.71 bits per heavy atom.